The van der Waals surface area contributed by atoms with Gasteiger partial charge in [0.05, 0.1) is 5.92 Å². The number of carbonyl (C=O) groups excluding carboxylic acids is 2. The molecule has 5 rings (SSSR count). The number of alkyl carbamates (subject to hydrolysis) is 1. The average molecular weight is 449 g/mol. The number of hydrogen-bond donors (Lipinski definition) is 2. The van der Waals surface area contributed by atoms with Gasteiger partial charge >= 0.3 is 12.1 Å². The number of nitrogens with one attached hydrogen (secondary N) is 1. The molecule has 0 aromatic heterocycles. The van der Waals surface area contributed by atoms with Gasteiger partial charge in [0.25, 0.3) is 0 Å². The van der Waals surface area contributed by atoms with Crippen LogP contribution in [-0.4, -0.2) is 53.2 Å². The van der Waals surface area contributed by atoms with E-state index in [9.17, 15) is 19.5 Å². The molecule has 2 amide bonds. The molecule has 2 N–H and O–H groups in total. The van der Waals surface area contributed by atoms with Crippen LogP contribution in [0.1, 0.15) is 49.1 Å². The van der Waals surface area contributed by atoms with Crippen LogP contribution in [0, 0.1) is 5.92 Å². The van der Waals surface area contributed by atoms with E-state index in [4.69, 9.17) is 4.74 Å². The zero-order chi connectivity index (χ0) is 22.9. The van der Waals surface area contributed by atoms with Crippen LogP contribution in [0.5, 0.6) is 0 Å². The molecule has 1 aliphatic carbocycles. The van der Waals surface area contributed by atoms with Gasteiger partial charge in [0, 0.05) is 31.0 Å². The maximum Gasteiger partial charge on any atom is 0.407 e. The lowest BCUT2D eigenvalue weighted by molar-refractivity contribution is -0.143. The minimum absolute atomic E-state index is 0.0116. The summed E-state index contributed by atoms with van der Waals surface area (Å²) in [6, 6.07) is 16.3. The van der Waals surface area contributed by atoms with Crippen molar-refractivity contribution in [3.8, 4) is 11.1 Å². The van der Waals surface area contributed by atoms with Gasteiger partial charge in [-0.05, 0) is 47.9 Å². The van der Waals surface area contributed by atoms with Crippen LogP contribution >= 0.6 is 0 Å². The van der Waals surface area contributed by atoms with Gasteiger partial charge in [0.15, 0.2) is 0 Å². The molecule has 33 heavy (non-hydrogen) atoms. The van der Waals surface area contributed by atoms with Crippen LogP contribution in [0.2, 0.25) is 0 Å². The molecule has 7 heteroatoms. The maximum atomic E-state index is 12.6. The Bertz CT molecular complexity index is 1040. The molecule has 3 aliphatic rings. The van der Waals surface area contributed by atoms with Gasteiger partial charge in [-0.25, -0.2) is 4.79 Å². The molecule has 0 saturated carbocycles. The number of fused-ring (bicyclic) bond motifs is 5. The molecule has 2 aliphatic heterocycles. The molecule has 0 radical (unpaired) electrons. The summed E-state index contributed by atoms with van der Waals surface area (Å²) in [6.07, 6.45) is 2.52. The van der Waals surface area contributed by atoms with Gasteiger partial charge in [-0.15, -0.1) is 0 Å². The highest BCUT2D eigenvalue weighted by atomic mass is 16.5. The van der Waals surface area contributed by atoms with Gasteiger partial charge < -0.3 is 20.1 Å². The van der Waals surface area contributed by atoms with Gasteiger partial charge in [-0.1, -0.05) is 48.5 Å². The molecule has 2 bridgehead atoms. The molecule has 3 atom stereocenters. The van der Waals surface area contributed by atoms with Crippen molar-refractivity contribution in [2.75, 3.05) is 13.2 Å². The van der Waals surface area contributed by atoms with E-state index in [0.29, 0.717) is 25.8 Å². The van der Waals surface area contributed by atoms with Crippen LogP contribution in [0.25, 0.3) is 11.1 Å². The van der Waals surface area contributed by atoms with Crippen molar-refractivity contribution in [2.45, 2.75) is 50.1 Å². The first kappa shape index (κ1) is 21.5. The Morgan fingerprint density at radius 3 is 2.30 bits per heavy atom. The van der Waals surface area contributed by atoms with Crippen LogP contribution < -0.4 is 5.32 Å². The van der Waals surface area contributed by atoms with E-state index < -0.39 is 18.0 Å². The molecular formula is C26H28N2O5. The molecule has 2 saturated heterocycles. The molecule has 2 fully saturated rings. The predicted molar refractivity (Wildman–Crippen MR) is 122 cm³/mol. The van der Waals surface area contributed by atoms with Gasteiger partial charge in [-0.2, -0.15) is 0 Å². The second-order valence-electron chi connectivity index (χ2n) is 9.14. The highest BCUT2D eigenvalue weighted by Crippen LogP contribution is 2.44. The zero-order valence-corrected chi connectivity index (χ0v) is 18.4. The van der Waals surface area contributed by atoms with E-state index in [1.807, 2.05) is 24.3 Å². The van der Waals surface area contributed by atoms with Crippen molar-refractivity contribution >= 4 is 18.0 Å². The summed E-state index contributed by atoms with van der Waals surface area (Å²) in [4.78, 5) is 38.1. The van der Waals surface area contributed by atoms with Crippen LogP contribution in [0.4, 0.5) is 4.79 Å². The lowest BCUT2D eigenvalue weighted by Crippen LogP contribution is -2.38. The summed E-state index contributed by atoms with van der Waals surface area (Å²) >= 11 is 0. The van der Waals surface area contributed by atoms with Crippen LogP contribution in [0.15, 0.2) is 48.5 Å². The number of ether oxygens (including phenoxy) is 1. The Balaban J connectivity index is 1.08. The summed E-state index contributed by atoms with van der Waals surface area (Å²) in [5.41, 5.74) is 4.69. The highest BCUT2D eigenvalue weighted by Gasteiger charge is 2.50. The number of aliphatic carboxylic acids is 1. The second kappa shape index (κ2) is 8.89. The zero-order valence-electron chi connectivity index (χ0n) is 18.4. The fourth-order valence-electron chi connectivity index (χ4n) is 5.85. The Hall–Kier alpha value is -3.35. The van der Waals surface area contributed by atoms with E-state index in [-0.39, 0.29) is 30.5 Å². The number of carbonyl (C=O) groups is 3. The van der Waals surface area contributed by atoms with Crippen molar-refractivity contribution in [3.63, 3.8) is 0 Å². The minimum Gasteiger partial charge on any atom is -0.481 e. The molecule has 172 valence electrons. The first-order chi connectivity index (χ1) is 16.0. The third-order valence-corrected chi connectivity index (χ3v) is 7.32. The summed E-state index contributed by atoms with van der Waals surface area (Å²) in [7, 11) is 0. The molecule has 2 aromatic carbocycles. The van der Waals surface area contributed by atoms with E-state index in [2.05, 4.69) is 29.6 Å². The first-order valence-corrected chi connectivity index (χ1v) is 11.7. The Morgan fingerprint density at radius 2 is 1.67 bits per heavy atom. The number of carboxylic acid groups (broad SMARTS) is 1. The van der Waals surface area contributed by atoms with Crippen molar-refractivity contribution in [1.29, 1.82) is 0 Å². The number of hydrogen-bond acceptors (Lipinski definition) is 4. The van der Waals surface area contributed by atoms with E-state index >= 15 is 0 Å². The third-order valence-electron chi connectivity index (χ3n) is 7.32. The molecular weight excluding hydrogens is 420 g/mol. The quantitative estimate of drug-likeness (QED) is 0.629. The van der Waals surface area contributed by atoms with Crippen LogP contribution in [-0.2, 0) is 14.3 Å². The lowest BCUT2D eigenvalue weighted by atomic mass is 9.89. The normalized spacial score (nSPS) is 22.7. The predicted octanol–water partition coefficient (Wildman–Crippen LogP) is 3.77. The molecule has 2 aromatic rings. The Kier molecular flexibility index (Phi) is 5.79. The molecule has 0 unspecified atom stereocenters. The third kappa shape index (κ3) is 3.96. The van der Waals surface area contributed by atoms with Crippen molar-refractivity contribution < 1.29 is 24.2 Å². The molecule has 0 spiro atoms. The van der Waals surface area contributed by atoms with E-state index in [0.717, 1.165) is 24.0 Å². The number of carboxylic acids is 1. The fourth-order valence-corrected chi connectivity index (χ4v) is 5.85. The minimum atomic E-state index is -0.808. The topological polar surface area (TPSA) is 95.9 Å². The summed E-state index contributed by atoms with van der Waals surface area (Å²) in [5.74, 6) is -1.25. The van der Waals surface area contributed by atoms with E-state index in [1.165, 1.54) is 11.1 Å². The highest BCUT2D eigenvalue weighted by molar-refractivity contribution is 5.81. The smallest absolute Gasteiger partial charge is 0.407 e. The largest absolute Gasteiger partial charge is 0.481 e. The van der Waals surface area contributed by atoms with Crippen molar-refractivity contribution in [2.24, 2.45) is 5.92 Å². The number of benzene rings is 2. The number of amides is 2. The number of nitrogens with zero attached hydrogens (tertiary/aromatic N) is 1. The van der Waals surface area contributed by atoms with Gasteiger partial charge in [-0.3, -0.25) is 9.59 Å². The second-order valence-corrected chi connectivity index (χ2v) is 9.14. The maximum absolute atomic E-state index is 12.6. The molecule has 2 heterocycles. The summed E-state index contributed by atoms with van der Waals surface area (Å²) < 4.78 is 5.52. The first-order valence-electron chi connectivity index (χ1n) is 11.7. The van der Waals surface area contributed by atoms with Gasteiger partial charge in [0.1, 0.15) is 6.61 Å². The Morgan fingerprint density at radius 1 is 1.00 bits per heavy atom. The van der Waals surface area contributed by atoms with E-state index in [1.54, 1.807) is 4.90 Å². The molecule has 7 nitrogen and oxygen atoms in total. The Labute approximate surface area is 192 Å². The number of rotatable bonds is 7. The van der Waals surface area contributed by atoms with Crippen molar-refractivity contribution in [3.05, 3.63) is 59.7 Å². The van der Waals surface area contributed by atoms with Gasteiger partial charge in [0.2, 0.25) is 5.91 Å². The summed E-state index contributed by atoms with van der Waals surface area (Å²) in [5, 5.41) is 12.1. The summed E-state index contributed by atoms with van der Waals surface area (Å²) in [6.45, 7) is 0.598. The van der Waals surface area contributed by atoms with Crippen molar-refractivity contribution in [1.82, 2.24) is 10.2 Å². The van der Waals surface area contributed by atoms with Crippen LogP contribution in [0.3, 0.4) is 0 Å². The monoisotopic (exact) mass is 448 g/mol. The average Bonchev–Trinajstić information content (AvgIpc) is 3.50. The lowest BCUT2D eigenvalue weighted by Gasteiger charge is -2.23. The SMILES string of the molecule is O=C(NCCCC(=O)N1[C@H]2CC[C@@H]1[C@H](C(=O)O)C2)OCC1c2ccccc2-c2ccccc21. The standard InChI is InChI=1S/C26H28N2O5/c29-24(28-16-11-12-23(28)21(14-16)25(30)31)10-5-13-27-26(32)33-15-22-19-8-3-1-6-17(19)18-7-2-4-9-20(18)22/h1-4,6-9,16,21-23H,5,10-15H2,(H,27,32)(H,30,31)/t16-,21+,23+/m0/s1. The fraction of sp³-hybridized carbons (Fsp3) is 0.423.